The smallest absolute Gasteiger partial charge is 0.261 e. The Morgan fingerprint density at radius 2 is 1.93 bits per heavy atom. The Balaban J connectivity index is 1.66. The van der Waals surface area contributed by atoms with E-state index in [1.807, 2.05) is 6.07 Å². The van der Waals surface area contributed by atoms with Crippen molar-refractivity contribution in [2.75, 3.05) is 11.9 Å². The molecule has 7 nitrogen and oxygen atoms in total. The van der Waals surface area contributed by atoms with E-state index in [4.69, 9.17) is 4.74 Å². The molecule has 1 atom stereocenters. The molecule has 0 aliphatic heterocycles. The summed E-state index contributed by atoms with van der Waals surface area (Å²) in [5.74, 6) is 0.949. The highest BCUT2D eigenvalue weighted by Gasteiger charge is 2.13. The molecular weight excluding hydrogens is 346 g/mol. The molecule has 0 aliphatic rings. The molecule has 7 heteroatoms. The molecule has 2 N–H and O–H groups in total. The molecule has 27 heavy (non-hydrogen) atoms. The molecule has 0 unspecified atom stereocenters. The summed E-state index contributed by atoms with van der Waals surface area (Å²) in [7, 11) is 0. The Labute approximate surface area is 156 Å². The number of carbonyl (C=O) groups is 1. The van der Waals surface area contributed by atoms with Gasteiger partial charge in [0.25, 0.3) is 5.56 Å². The van der Waals surface area contributed by atoms with Crippen molar-refractivity contribution in [1.82, 2.24) is 9.55 Å². The minimum absolute atomic E-state index is 0.0260. The lowest BCUT2D eigenvalue weighted by atomic mass is 10.2. The zero-order chi connectivity index (χ0) is 19.4. The second-order valence-corrected chi connectivity index (χ2v) is 6.26. The molecule has 3 aromatic rings. The van der Waals surface area contributed by atoms with E-state index in [2.05, 4.69) is 10.3 Å². The maximum atomic E-state index is 12.6. The molecule has 2 aromatic carbocycles. The molecule has 0 aliphatic carbocycles. The fraction of sp³-hybridized carbons (Fsp3) is 0.250. The van der Waals surface area contributed by atoms with E-state index in [1.165, 1.54) is 11.5 Å². The summed E-state index contributed by atoms with van der Waals surface area (Å²) in [6.45, 7) is 3.29. The van der Waals surface area contributed by atoms with Gasteiger partial charge in [-0.3, -0.25) is 14.2 Å². The Kier molecular flexibility index (Phi) is 5.52. The van der Waals surface area contributed by atoms with Gasteiger partial charge in [-0.05, 0) is 43.3 Å². The number of aromatic nitrogens is 2. The van der Waals surface area contributed by atoms with Crippen LogP contribution in [0.3, 0.4) is 0 Å². The third kappa shape index (κ3) is 4.51. The SMILES string of the molecule is CC(=O)Nc1ccc(OC[C@H](O)Cn2c(C)nc3ccccc3c2=O)cc1. The summed E-state index contributed by atoms with van der Waals surface area (Å²) in [5, 5.41) is 13.5. The lowest BCUT2D eigenvalue weighted by molar-refractivity contribution is -0.114. The van der Waals surface area contributed by atoms with Crippen LogP contribution in [-0.2, 0) is 11.3 Å². The normalized spacial score (nSPS) is 12.0. The van der Waals surface area contributed by atoms with Gasteiger partial charge in [0.15, 0.2) is 0 Å². The first-order valence-corrected chi connectivity index (χ1v) is 8.59. The van der Waals surface area contributed by atoms with Gasteiger partial charge in [-0.25, -0.2) is 4.98 Å². The van der Waals surface area contributed by atoms with Crippen molar-refractivity contribution in [2.24, 2.45) is 0 Å². The van der Waals surface area contributed by atoms with Crippen LogP contribution >= 0.6 is 0 Å². The van der Waals surface area contributed by atoms with Crippen molar-refractivity contribution in [3.63, 3.8) is 0 Å². The number of benzene rings is 2. The van der Waals surface area contributed by atoms with Crippen molar-refractivity contribution in [3.8, 4) is 5.75 Å². The molecule has 0 saturated heterocycles. The maximum absolute atomic E-state index is 12.6. The number of carbonyl (C=O) groups excluding carboxylic acids is 1. The van der Waals surface area contributed by atoms with E-state index in [0.717, 1.165) is 0 Å². The number of anilines is 1. The van der Waals surface area contributed by atoms with Crippen LogP contribution in [-0.4, -0.2) is 33.3 Å². The number of nitrogens with zero attached hydrogens (tertiary/aromatic N) is 2. The van der Waals surface area contributed by atoms with Crippen molar-refractivity contribution in [3.05, 3.63) is 64.7 Å². The number of hydrogen-bond acceptors (Lipinski definition) is 5. The van der Waals surface area contributed by atoms with Gasteiger partial charge in [0.05, 0.1) is 17.4 Å². The highest BCUT2D eigenvalue weighted by atomic mass is 16.5. The van der Waals surface area contributed by atoms with E-state index >= 15 is 0 Å². The van der Waals surface area contributed by atoms with Crippen LogP contribution in [0.5, 0.6) is 5.75 Å². The third-order valence-corrected chi connectivity index (χ3v) is 4.06. The van der Waals surface area contributed by atoms with Crippen LogP contribution in [0.15, 0.2) is 53.3 Å². The second-order valence-electron chi connectivity index (χ2n) is 6.26. The van der Waals surface area contributed by atoms with Gasteiger partial charge in [0.1, 0.15) is 24.3 Å². The number of aliphatic hydroxyl groups excluding tert-OH is 1. The zero-order valence-electron chi connectivity index (χ0n) is 15.2. The number of hydrogen-bond donors (Lipinski definition) is 2. The molecule has 1 heterocycles. The first-order valence-electron chi connectivity index (χ1n) is 8.59. The highest BCUT2D eigenvalue weighted by molar-refractivity contribution is 5.88. The van der Waals surface area contributed by atoms with Gasteiger partial charge in [0.2, 0.25) is 5.91 Å². The monoisotopic (exact) mass is 367 g/mol. The molecule has 0 saturated carbocycles. The lowest BCUT2D eigenvalue weighted by Crippen LogP contribution is -2.32. The first-order chi connectivity index (χ1) is 12.9. The fourth-order valence-corrected chi connectivity index (χ4v) is 2.79. The molecule has 3 rings (SSSR count). The van der Waals surface area contributed by atoms with Crippen LogP contribution in [0, 0.1) is 6.92 Å². The number of para-hydroxylation sites is 1. The summed E-state index contributed by atoms with van der Waals surface area (Å²) < 4.78 is 7.02. The Morgan fingerprint density at radius 3 is 2.63 bits per heavy atom. The molecule has 1 aromatic heterocycles. The van der Waals surface area contributed by atoms with Crippen LogP contribution in [0.4, 0.5) is 5.69 Å². The average molecular weight is 367 g/mol. The number of aryl methyl sites for hydroxylation is 1. The van der Waals surface area contributed by atoms with Crippen LogP contribution < -0.4 is 15.6 Å². The summed E-state index contributed by atoms with van der Waals surface area (Å²) in [6, 6.07) is 14.0. The number of ether oxygens (including phenoxy) is 1. The van der Waals surface area contributed by atoms with Gasteiger partial charge in [0, 0.05) is 12.6 Å². The Morgan fingerprint density at radius 1 is 1.22 bits per heavy atom. The van der Waals surface area contributed by atoms with Gasteiger partial charge in [-0.15, -0.1) is 0 Å². The quantitative estimate of drug-likeness (QED) is 0.696. The molecule has 0 spiro atoms. The Hall–Kier alpha value is -3.19. The summed E-state index contributed by atoms with van der Waals surface area (Å²) >= 11 is 0. The number of fused-ring (bicyclic) bond motifs is 1. The van der Waals surface area contributed by atoms with Crippen molar-refractivity contribution in [1.29, 1.82) is 0 Å². The molecule has 1 amide bonds. The fourth-order valence-electron chi connectivity index (χ4n) is 2.79. The van der Waals surface area contributed by atoms with Crippen molar-refractivity contribution in [2.45, 2.75) is 26.5 Å². The molecule has 140 valence electrons. The van der Waals surface area contributed by atoms with E-state index in [1.54, 1.807) is 49.4 Å². The topological polar surface area (TPSA) is 93.4 Å². The molecule has 0 radical (unpaired) electrons. The van der Waals surface area contributed by atoms with E-state index in [-0.39, 0.29) is 24.6 Å². The maximum Gasteiger partial charge on any atom is 0.261 e. The van der Waals surface area contributed by atoms with Crippen LogP contribution in [0.25, 0.3) is 10.9 Å². The van der Waals surface area contributed by atoms with Crippen LogP contribution in [0.2, 0.25) is 0 Å². The Bertz CT molecular complexity index is 1010. The van der Waals surface area contributed by atoms with E-state index in [9.17, 15) is 14.7 Å². The predicted molar refractivity (Wildman–Crippen MR) is 103 cm³/mol. The van der Waals surface area contributed by atoms with Gasteiger partial charge in [-0.1, -0.05) is 12.1 Å². The second kappa shape index (κ2) is 8.01. The number of aliphatic hydroxyl groups is 1. The van der Waals surface area contributed by atoms with Crippen LogP contribution in [0.1, 0.15) is 12.7 Å². The number of rotatable bonds is 6. The van der Waals surface area contributed by atoms with Gasteiger partial charge in [-0.2, -0.15) is 0 Å². The molecule has 0 bridgehead atoms. The van der Waals surface area contributed by atoms with Crippen molar-refractivity contribution < 1.29 is 14.6 Å². The van der Waals surface area contributed by atoms with E-state index < -0.39 is 6.10 Å². The first kappa shape index (κ1) is 18.6. The summed E-state index contributed by atoms with van der Waals surface area (Å²) in [4.78, 5) is 28.1. The minimum Gasteiger partial charge on any atom is -0.491 e. The third-order valence-electron chi connectivity index (χ3n) is 4.06. The largest absolute Gasteiger partial charge is 0.491 e. The molecule has 0 fully saturated rings. The van der Waals surface area contributed by atoms with Crippen molar-refractivity contribution >= 4 is 22.5 Å². The summed E-state index contributed by atoms with van der Waals surface area (Å²) in [6.07, 6.45) is -0.876. The zero-order valence-corrected chi connectivity index (χ0v) is 15.2. The standard InChI is InChI=1S/C20H21N3O4/c1-13-21-19-6-4-3-5-18(19)20(26)23(13)11-16(25)12-27-17-9-7-15(8-10-17)22-14(2)24/h3-10,16,25H,11-12H2,1-2H3,(H,22,24)/t16-/m1/s1. The van der Waals surface area contributed by atoms with Gasteiger partial charge < -0.3 is 15.2 Å². The average Bonchev–Trinajstić information content (AvgIpc) is 2.64. The minimum atomic E-state index is -0.876. The van der Waals surface area contributed by atoms with Gasteiger partial charge >= 0.3 is 0 Å². The highest BCUT2D eigenvalue weighted by Crippen LogP contribution is 2.16. The number of nitrogens with one attached hydrogen (secondary N) is 1. The van der Waals surface area contributed by atoms with E-state index in [0.29, 0.717) is 28.2 Å². The lowest BCUT2D eigenvalue weighted by Gasteiger charge is -2.16. The predicted octanol–water partition coefficient (Wildman–Crippen LogP) is 2.10. The molecular formula is C20H21N3O4. The summed E-state index contributed by atoms with van der Waals surface area (Å²) in [5.41, 5.74) is 1.12. The number of amides is 1.